The Morgan fingerprint density at radius 2 is 2.18 bits per heavy atom. The van der Waals surface area contributed by atoms with Gasteiger partial charge in [-0.3, -0.25) is 19.7 Å². The van der Waals surface area contributed by atoms with Crippen molar-refractivity contribution in [2.24, 2.45) is 0 Å². The molecule has 2 heterocycles. The van der Waals surface area contributed by atoms with E-state index in [4.69, 9.17) is 4.74 Å². The van der Waals surface area contributed by atoms with E-state index < -0.39 is 5.91 Å². The van der Waals surface area contributed by atoms with E-state index in [2.05, 4.69) is 17.6 Å². The van der Waals surface area contributed by atoms with Crippen molar-refractivity contribution in [3.05, 3.63) is 40.4 Å². The highest BCUT2D eigenvalue weighted by Crippen LogP contribution is 2.31. The summed E-state index contributed by atoms with van der Waals surface area (Å²) in [5, 5.41) is 5.74. The minimum atomic E-state index is -0.390. The monoisotopic (exact) mass is 401 g/mol. The second kappa shape index (κ2) is 9.07. The van der Waals surface area contributed by atoms with Gasteiger partial charge in [-0.2, -0.15) is 0 Å². The Kier molecular flexibility index (Phi) is 6.53. The minimum Gasteiger partial charge on any atom is -0.385 e. The second-order valence-corrected chi connectivity index (χ2v) is 7.44. The molecule has 0 radical (unpaired) electrons. The maximum absolute atomic E-state index is 12.4. The summed E-state index contributed by atoms with van der Waals surface area (Å²) >= 11 is 0.887. The molecular formula is C20H23N3O4S. The molecule has 0 aliphatic carbocycles. The first kappa shape index (κ1) is 20.2. The highest BCUT2D eigenvalue weighted by Gasteiger charge is 2.25. The lowest BCUT2D eigenvalue weighted by molar-refractivity contribution is -0.121. The molecule has 3 rings (SSSR count). The Morgan fingerprint density at radius 1 is 1.36 bits per heavy atom. The van der Waals surface area contributed by atoms with Gasteiger partial charge < -0.3 is 14.6 Å². The number of methoxy groups -OCH3 is 1. The number of amides is 3. The quantitative estimate of drug-likeness (QED) is 0.524. The molecule has 1 saturated heterocycles. The molecule has 0 unspecified atom stereocenters. The molecule has 0 bridgehead atoms. The standard InChI is InChI=1S/C20H23N3O4S/c1-3-13-6-4-7-15-14(10-16-19(25)22-20(26)28-16)11-23(18(13)15)12-17(24)21-8-5-9-27-2/h4,6-7,10-11H,3,5,8-9,12H2,1-2H3,(H,21,24)(H,22,25,26)/b16-10-. The summed E-state index contributed by atoms with van der Waals surface area (Å²) in [5.74, 6) is -0.472. The maximum Gasteiger partial charge on any atom is 0.290 e. The molecule has 28 heavy (non-hydrogen) atoms. The van der Waals surface area contributed by atoms with Crippen molar-refractivity contribution >= 4 is 45.8 Å². The van der Waals surface area contributed by atoms with Gasteiger partial charge in [0.05, 0.1) is 10.4 Å². The lowest BCUT2D eigenvalue weighted by atomic mass is 10.1. The summed E-state index contributed by atoms with van der Waals surface area (Å²) in [6, 6.07) is 5.96. The smallest absolute Gasteiger partial charge is 0.290 e. The van der Waals surface area contributed by atoms with Gasteiger partial charge in [-0.05, 0) is 36.2 Å². The van der Waals surface area contributed by atoms with Crippen molar-refractivity contribution in [2.75, 3.05) is 20.3 Å². The number of nitrogens with one attached hydrogen (secondary N) is 2. The number of carbonyl (C=O) groups is 3. The van der Waals surface area contributed by atoms with Gasteiger partial charge in [0, 0.05) is 37.4 Å². The summed E-state index contributed by atoms with van der Waals surface area (Å²) in [7, 11) is 1.63. The summed E-state index contributed by atoms with van der Waals surface area (Å²) in [4.78, 5) is 36.1. The van der Waals surface area contributed by atoms with Crippen molar-refractivity contribution in [3.63, 3.8) is 0 Å². The zero-order valence-electron chi connectivity index (χ0n) is 15.9. The van der Waals surface area contributed by atoms with Crippen molar-refractivity contribution < 1.29 is 19.1 Å². The Morgan fingerprint density at radius 3 is 2.86 bits per heavy atom. The van der Waals surface area contributed by atoms with Crippen LogP contribution in [-0.2, 0) is 27.3 Å². The predicted octanol–water partition coefficient (Wildman–Crippen LogP) is 2.68. The highest BCUT2D eigenvalue weighted by atomic mass is 32.2. The largest absolute Gasteiger partial charge is 0.385 e. The maximum atomic E-state index is 12.4. The SMILES string of the molecule is CCc1cccc2c(/C=C3\SC(=O)NC3=O)cn(CC(=O)NCCCOC)c12. The van der Waals surface area contributed by atoms with Crippen LogP contribution < -0.4 is 10.6 Å². The van der Waals surface area contributed by atoms with E-state index in [9.17, 15) is 14.4 Å². The minimum absolute atomic E-state index is 0.0822. The number of ether oxygens (including phenoxy) is 1. The first-order valence-electron chi connectivity index (χ1n) is 9.14. The number of benzene rings is 1. The van der Waals surface area contributed by atoms with E-state index in [1.54, 1.807) is 13.2 Å². The Bertz CT molecular complexity index is 948. The third-order valence-electron chi connectivity index (χ3n) is 4.48. The fourth-order valence-corrected chi connectivity index (χ4v) is 3.88. The molecule has 0 spiro atoms. The number of aromatic nitrogens is 1. The molecule has 0 saturated carbocycles. The Hall–Kier alpha value is -2.58. The van der Waals surface area contributed by atoms with Gasteiger partial charge in [-0.15, -0.1) is 0 Å². The van der Waals surface area contributed by atoms with Crippen LogP contribution in [0.1, 0.15) is 24.5 Å². The van der Waals surface area contributed by atoms with Gasteiger partial charge in [0.1, 0.15) is 6.54 Å². The number of fused-ring (bicyclic) bond motifs is 1. The van der Waals surface area contributed by atoms with E-state index in [0.29, 0.717) is 18.1 Å². The van der Waals surface area contributed by atoms with Crippen molar-refractivity contribution in [1.29, 1.82) is 0 Å². The van der Waals surface area contributed by atoms with Gasteiger partial charge in [0.25, 0.3) is 11.1 Å². The van der Waals surface area contributed by atoms with Crippen molar-refractivity contribution in [1.82, 2.24) is 15.2 Å². The lowest BCUT2D eigenvalue weighted by Gasteiger charge is -2.09. The summed E-state index contributed by atoms with van der Waals surface area (Å²) in [6.07, 6.45) is 5.15. The molecule has 3 amide bonds. The zero-order chi connectivity index (χ0) is 20.1. The first-order valence-corrected chi connectivity index (χ1v) is 9.96. The molecule has 8 heteroatoms. The van der Waals surface area contributed by atoms with Crippen LogP contribution in [-0.4, -0.2) is 41.9 Å². The summed E-state index contributed by atoms with van der Waals surface area (Å²) in [6.45, 7) is 3.40. The number of carbonyl (C=O) groups excluding carboxylic acids is 3. The Labute approximate surface area is 167 Å². The molecule has 2 N–H and O–H groups in total. The summed E-state index contributed by atoms with van der Waals surface area (Å²) < 4.78 is 6.90. The van der Waals surface area contributed by atoms with Gasteiger partial charge >= 0.3 is 0 Å². The van der Waals surface area contributed by atoms with Crippen molar-refractivity contribution in [3.8, 4) is 0 Å². The molecule has 1 aromatic heterocycles. The van der Waals surface area contributed by atoms with Crippen molar-refractivity contribution in [2.45, 2.75) is 26.3 Å². The average molecular weight is 401 g/mol. The number of thioether (sulfide) groups is 1. The fraction of sp³-hybridized carbons (Fsp3) is 0.350. The first-order chi connectivity index (χ1) is 13.5. The van der Waals surface area contributed by atoms with E-state index in [0.717, 1.165) is 46.6 Å². The van der Waals surface area contributed by atoms with Crippen LogP contribution >= 0.6 is 11.8 Å². The number of rotatable bonds is 8. The normalized spacial score (nSPS) is 15.4. The van der Waals surface area contributed by atoms with Gasteiger partial charge in [0.2, 0.25) is 5.91 Å². The number of para-hydroxylation sites is 1. The number of imide groups is 1. The summed E-state index contributed by atoms with van der Waals surface area (Å²) in [5.41, 5.74) is 2.90. The van der Waals surface area contributed by atoms with Crippen LogP contribution in [0.4, 0.5) is 4.79 Å². The molecule has 0 atom stereocenters. The Balaban J connectivity index is 1.92. The number of nitrogens with zero attached hydrogens (tertiary/aromatic N) is 1. The van der Waals surface area contributed by atoms with Crippen LogP contribution in [0.5, 0.6) is 0 Å². The number of aryl methyl sites for hydroxylation is 1. The van der Waals surface area contributed by atoms with E-state index in [1.807, 2.05) is 29.0 Å². The molecule has 1 aromatic carbocycles. The van der Waals surface area contributed by atoms with Crippen LogP contribution in [0.3, 0.4) is 0 Å². The lowest BCUT2D eigenvalue weighted by Crippen LogP contribution is -2.28. The van der Waals surface area contributed by atoms with Crippen LogP contribution in [0.15, 0.2) is 29.3 Å². The van der Waals surface area contributed by atoms with E-state index >= 15 is 0 Å². The average Bonchev–Trinajstić information content (AvgIpc) is 3.18. The fourth-order valence-electron chi connectivity index (χ4n) is 3.21. The molecule has 1 aliphatic heterocycles. The molecule has 2 aromatic rings. The third kappa shape index (κ3) is 4.45. The second-order valence-electron chi connectivity index (χ2n) is 6.43. The predicted molar refractivity (Wildman–Crippen MR) is 110 cm³/mol. The van der Waals surface area contributed by atoms with Gasteiger partial charge in [-0.25, -0.2) is 0 Å². The third-order valence-corrected chi connectivity index (χ3v) is 5.29. The van der Waals surface area contributed by atoms with Crippen LogP contribution in [0.25, 0.3) is 17.0 Å². The van der Waals surface area contributed by atoms with Crippen LogP contribution in [0.2, 0.25) is 0 Å². The highest BCUT2D eigenvalue weighted by molar-refractivity contribution is 8.18. The topological polar surface area (TPSA) is 89.4 Å². The van der Waals surface area contributed by atoms with E-state index in [-0.39, 0.29) is 17.7 Å². The molecular weight excluding hydrogens is 378 g/mol. The van der Waals surface area contributed by atoms with Gasteiger partial charge in [-0.1, -0.05) is 25.1 Å². The van der Waals surface area contributed by atoms with Gasteiger partial charge in [0.15, 0.2) is 0 Å². The number of hydrogen-bond acceptors (Lipinski definition) is 5. The molecule has 1 aliphatic rings. The van der Waals surface area contributed by atoms with E-state index in [1.165, 1.54) is 0 Å². The molecule has 148 valence electrons. The zero-order valence-corrected chi connectivity index (χ0v) is 16.7. The molecule has 1 fully saturated rings. The number of hydrogen-bond donors (Lipinski definition) is 2. The van der Waals surface area contributed by atoms with Crippen LogP contribution in [0, 0.1) is 0 Å². The molecule has 7 nitrogen and oxygen atoms in total.